The lowest BCUT2D eigenvalue weighted by molar-refractivity contribution is -0.385. The van der Waals surface area contributed by atoms with Crippen LogP contribution in [0.25, 0.3) is 0 Å². The quantitative estimate of drug-likeness (QED) is 0.360. The fourth-order valence-electron chi connectivity index (χ4n) is 1.37. The van der Waals surface area contributed by atoms with Crippen molar-refractivity contribution in [1.82, 2.24) is 0 Å². The first kappa shape index (κ1) is 14.4. The molecule has 0 aliphatic rings. The summed E-state index contributed by atoms with van der Waals surface area (Å²) < 4.78 is 26.5. The number of carbonyl (C=O) groups excluding carboxylic acids is 1. The van der Waals surface area contributed by atoms with Crippen LogP contribution in [0.5, 0.6) is 0 Å². The molecule has 0 spiro atoms. The number of methoxy groups -OCH3 is 1. The highest BCUT2D eigenvalue weighted by molar-refractivity contribution is 8.13. The molecule has 0 aliphatic carbocycles. The molecule has 0 saturated carbocycles. The van der Waals surface area contributed by atoms with Gasteiger partial charge in [-0.3, -0.25) is 10.1 Å². The van der Waals surface area contributed by atoms with Gasteiger partial charge >= 0.3 is 5.97 Å². The third-order valence-corrected chi connectivity index (χ3v) is 3.03. The molecule has 0 aliphatic heterocycles. The first-order chi connectivity index (χ1) is 8.26. The highest BCUT2D eigenvalue weighted by atomic mass is 35.7. The molecule has 0 radical (unpaired) electrons. The molecule has 1 aromatic rings. The lowest BCUT2D eigenvalue weighted by atomic mass is 10.1. The molecule has 1 aromatic carbocycles. The molecule has 0 saturated heterocycles. The molecule has 1 rings (SSSR count). The van der Waals surface area contributed by atoms with Crippen molar-refractivity contribution in [2.75, 3.05) is 7.11 Å². The summed E-state index contributed by atoms with van der Waals surface area (Å²) in [4.78, 5) is 21.4. The van der Waals surface area contributed by atoms with Crippen LogP contribution in [0.3, 0.4) is 0 Å². The summed E-state index contributed by atoms with van der Waals surface area (Å²) in [5, 5.41) is 10.8. The number of halogens is 1. The van der Waals surface area contributed by atoms with Gasteiger partial charge in [0.25, 0.3) is 5.69 Å². The molecule has 0 amide bonds. The van der Waals surface area contributed by atoms with Gasteiger partial charge in [0.05, 0.1) is 28.9 Å². The number of rotatable bonds is 4. The Bertz CT molecular complexity index is 597. The van der Waals surface area contributed by atoms with Gasteiger partial charge in [-0.15, -0.1) is 0 Å². The minimum absolute atomic E-state index is 0.198. The number of ether oxygens (including phenoxy) is 1. The molecule has 0 fully saturated rings. The summed E-state index contributed by atoms with van der Waals surface area (Å²) in [6.07, 6.45) is 0. The molecule has 0 N–H and O–H groups in total. The van der Waals surface area contributed by atoms with Crippen molar-refractivity contribution in [1.29, 1.82) is 0 Å². The second-order valence-electron chi connectivity index (χ2n) is 3.24. The van der Waals surface area contributed by atoms with E-state index in [0.717, 1.165) is 13.2 Å². The van der Waals surface area contributed by atoms with E-state index in [1.54, 1.807) is 0 Å². The maximum Gasteiger partial charge on any atom is 0.338 e. The van der Waals surface area contributed by atoms with Crippen molar-refractivity contribution in [3.8, 4) is 0 Å². The van der Waals surface area contributed by atoms with Gasteiger partial charge in [0.2, 0.25) is 9.05 Å². The predicted octanol–water partition coefficient (Wildman–Crippen LogP) is 1.45. The van der Waals surface area contributed by atoms with Crippen LogP contribution < -0.4 is 0 Å². The SMILES string of the molecule is COC(=O)c1cccc([N+](=O)[O-])c1CS(=O)(=O)Cl. The van der Waals surface area contributed by atoms with Gasteiger partial charge in [-0.2, -0.15) is 0 Å². The fraction of sp³-hybridized carbons (Fsp3) is 0.222. The van der Waals surface area contributed by atoms with Gasteiger partial charge in [0, 0.05) is 16.7 Å². The van der Waals surface area contributed by atoms with Crippen molar-refractivity contribution in [3.05, 3.63) is 39.4 Å². The van der Waals surface area contributed by atoms with Crippen LogP contribution in [0, 0.1) is 10.1 Å². The van der Waals surface area contributed by atoms with Crippen LogP contribution >= 0.6 is 10.7 Å². The van der Waals surface area contributed by atoms with Crippen molar-refractivity contribution in [2.45, 2.75) is 5.75 Å². The number of nitro benzene ring substituents is 1. The molecular weight excluding hydrogens is 286 g/mol. The smallest absolute Gasteiger partial charge is 0.338 e. The summed E-state index contributed by atoms with van der Waals surface area (Å²) in [5.74, 6) is -1.69. The van der Waals surface area contributed by atoms with Gasteiger partial charge < -0.3 is 4.74 Å². The number of hydrogen-bond acceptors (Lipinski definition) is 6. The van der Waals surface area contributed by atoms with Crippen LogP contribution in [0.2, 0.25) is 0 Å². The molecular formula is C9H8ClNO6S. The largest absolute Gasteiger partial charge is 0.465 e. The normalized spacial score (nSPS) is 11.0. The molecule has 18 heavy (non-hydrogen) atoms. The Morgan fingerprint density at radius 2 is 2.11 bits per heavy atom. The number of hydrogen-bond donors (Lipinski definition) is 0. The zero-order valence-corrected chi connectivity index (χ0v) is 10.7. The average Bonchev–Trinajstić information content (AvgIpc) is 2.25. The lowest BCUT2D eigenvalue weighted by Gasteiger charge is -2.06. The Morgan fingerprint density at radius 3 is 2.56 bits per heavy atom. The summed E-state index contributed by atoms with van der Waals surface area (Å²) in [7, 11) is 2.11. The second-order valence-corrected chi connectivity index (χ2v) is 6.01. The van der Waals surface area contributed by atoms with E-state index in [2.05, 4.69) is 4.74 Å². The Morgan fingerprint density at radius 1 is 1.50 bits per heavy atom. The minimum Gasteiger partial charge on any atom is -0.465 e. The predicted molar refractivity (Wildman–Crippen MR) is 62.9 cm³/mol. The number of nitrogens with zero attached hydrogens (tertiary/aromatic N) is 1. The third kappa shape index (κ3) is 3.41. The summed E-state index contributed by atoms with van der Waals surface area (Å²) in [6, 6.07) is 3.58. The van der Waals surface area contributed by atoms with E-state index in [4.69, 9.17) is 10.7 Å². The van der Waals surface area contributed by atoms with Crippen LogP contribution in [0.4, 0.5) is 5.69 Å². The topological polar surface area (TPSA) is 104 Å². The zero-order chi connectivity index (χ0) is 13.9. The second kappa shape index (κ2) is 5.32. The van der Waals surface area contributed by atoms with Gasteiger partial charge in [-0.05, 0) is 6.07 Å². The highest BCUT2D eigenvalue weighted by Gasteiger charge is 2.25. The van der Waals surface area contributed by atoms with E-state index in [1.807, 2.05) is 0 Å². The van der Waals surface area contributed by atoms with Crippen LogP contribution in [0.1, 0.15) is 15.9 Å². The van der Waals surface area contributed by atoms with Crippen LogP contribution in [0.15, 0.2) is 18.2 Å². The highest BCUT2D eigenvalue weighted by Crippen LogP contribution is 2.26. The fourth-order valence-corrected chi connectivity index (χ4v) is 2.35. The van der Waals surface area contributed by atoms with Gasteiger partial charge in [-0.1, -0.05) is 6.07 Å². The molecule has 0 unspecified atom stereocenters. The van der Waals surface area contributed by atoms with Crippen molar-refractivity contribution >= 4 is 31.4 Å². The van der Waals surface area contributed by atoms with Crippen molar-refractivity contribution < 1.29 is 22.9 Å². The molecule has 0 bridgehead atoms. The Hall–Kier alpha value is -1.67. The minimum atomic E-state index is -4.04. The van der Waals surface area contributed by atoms with E-state index in [9.17, 15) is 23.3 Å². The van der Waals surface area contributed by atoms with E-state index in [0.29, 0.717) is 0 Å². The first-order valence-corrected chi connectivity index (χ1v) is 7.01. The monoisotopic (exact) mass is 293 g/mol. The Balaban J connectivity index is 3.48. The van der Waals surface area contributed by atoms with Gasteiger partial charge in [0.15, 0.2) is 0 Å². The number of benzene rings is 1. The molecule has 0 aromatic heterocycles. The zero-order valence-electron chi connectivity index (χ0n) is 9.12. The summed E-state index contributed by atoms with van der Waals surface area (Å²) in [5.41, 5.74) is -0.984. The van der Waals surface area contributed by atoms with Crippen molar-refractivity contribution in [2.24, 2.45) is 0 Å². The molecule has 7 nitrogen and oxygen atoms in total. The number of nitro groups is 1. The first-order valence-electron chi connectivity index (χ1n) is 4.53. The summed E-state index contributed by atoms with van der Waals surface area (Å²) >= 11 is 0. The summed E-state index contributed by atoms with van der Waals surface area (Å²) in [6.45, 7) is 0. The van der Waals surface area contributed by atoms with E-state index >= 15 is 0 Å². The molecule has 0 heterocycles. The maximum absolute atomic E-state index is 11.4. The lowest BCUT2D eigenvalue weighted by Crippen LogP contribution is -2.10. The third-order valence-electron chi connectivity index (χ3n) is 2.07. The molecule has 0 atom stereocenters. The van der Waals surface area contributed by atoms with E-state index in [1.165, 1.54) is 12.1 Å². The van der Waals surface area contributed by atoms with Crippen LogP contribution in [-0.2, 0) is 19.5 Å². The van der Waals surface area contributed by atoms with Crippen LogP contribution in [-0.4, -0.2) is 26.4 Å². The number of carbonyl (C=O) groups is 1. The van der Waals surface area contributed by atoms with Crippen molar-refractivity contribution in [3.63, 3.8) is 0 Å². The maximum atomic E-state index is 11.4. The Kier molecular flexibility index (Phi) is 4.25. The number of esters is 1. The van der Waals surface area contributed by atoms with Gasteiger partial charge in [0.1, 0.15) is 0 Å². The average molecular weight is 294 g/mol. The van der Waals surface area contributed by atoms with Gasteiger partial charge in [-0.25, -0.2) is 13.2 Å². The standard InChI is InChI=1S/C9H8ClNO6S/c1-17-9(12)6-3-2-4-8(11(13)14)7(6)5-18(10,15)16/h2-4H,5H2,1H3. The van der Waals surface area contributed by atoms with E-state index < -0.39 is 31.4 Å². The Labute approximate surface area is 107 Å². The van der Waals surface area contributed by atoms with E-state index in [-0.39, 0.29) is 11.1 Å². The molecule has 98 valence electrons. The molecule has 9 heteroatoms.